The summed E-state index contributed by atoms with van der Waals surface area (Å²) < 4.78 is 18.9. The standard InChI is InChI=1S/C10H17FN2O4/c1-5-2-3-13(10(16)12-5)9-7(11)8(15)6(4-14)17-9/h5-9,14-15H,2-4H2,1H3,(H,12,16)/t5?,6-,7-,8-,9?/m1/s1. The van der Waals surface area contributed by atoms with Crippen molar-refractivity contribution in [1.82, 2.24) is 10.2 Å². The molecule has 3 N–H and O–H groups in total. The zero-order valence-electron chi connectivity index (χ0n) is 9.54. The summed E-state index contributed by atoms with van der Waals surface area (Å²) in [6, 6.07) is -0.348. The van der Waals surface area contributed by atoms with Gasteiger partial charge in [0.05, 0.1) is 6.61 Å². The Hall–Kier alpha value is -0.920. The van der Waals surface area contributed by atoms with Gasteiger partial charge in [0.15, 0.2) is 12.4 Å². The minimum Gasteiger partial charge on any atom is -0.394 e. The van der Waals surface area contributed by atoms with E-state index in [2.05, 4.69) is 5.32 Å². The summed E-state index contributed by atoms with van der Waals surface area (Å²) in [7, 11) is 0. The molecule has 2 amide bonds. The van der Waals surface area contributed by atoms with Crippen molar-refractivity contribution < 1.29 is 24.1 Å². The number of nitrogens with zero attached hydrogens (tertiary/aromatic N) is 1. The highest BCUT2D eigenvalue weighted by atomic mass is 19.1. The summed E-state index contributed by atoms with van der Waals surface area (Å²) in [5, 5.41) is 21.1. The highest BCUT2D eigenvalue weighted by Crippen LogP contribution is 2.27. The Morgan fingerprint density at radius 2 is 2.35 bits per heavy atom. The number of carbonyl (C=O) groups is 1. The number of hydrogen-bond donors (Lipinski definition) is 3. The third-order valence-electron chi connectivity index (χ3n) is 3.21. The Morgan fingerprint density at radius 3 is 2.88 bits per heavy atom. The largest absolute Gasteiger partial charge is 0.394 e. The molecule has 0 radical (unpaired) electrons. The van der Waals surface area contributed by atoms with Crippen LogP contribution in [0.2, 0.25) is 0 Å². The summed E-state index contributed by atoms with van der Waals surface area (Å²) in [6.07, 6.45) is -4.47. The van der Waals surface area contributed by atoms with Crippen LogP contribution in [-0.4, -0.2) is 64.9 Å². The fraction of sp³-hybridized carbons (Fsp3) is 0.900. The molecular weight excluding hydrogens is 231 g/mol. The van der Waals surface area contributed by atoms with Crippen LogP contribution in [0, 0.1) is 0 Å². The predicted molar refractivity (Wildman–Crippen MR) is 56.0 cm³/mol. The van der Waals surface area contributed by atoms with Crippen molar-refractivity contribution in [2.75, 3.05) is 13.2 Å². The second-order valence-electron chi connectivity index (χ2n) is 4.52. The number of amides is 2. The average molecular weight is 248 g/mol. The maximum Gasteiger partial charge on any atom is 0.319 e. The van der Waals surface area contributed by atoms with Gasteiger partial charge in [-0.25, -0.2) is 9.18 Å². The molecule has 0 saturated carbocycles. The molecule has 2 rings (SSSR count). The number of rotatable bonds is 2. The Balaban J connectivity index is 2.05. The van der Waals surface area contributed by atoms with Gasteiger partial charge in [0.25, 0.3) is 0 Å². The van der Waals surface area contributed by atoms with E-state index in [9.17, 15) is 14.3 Å². The van der Waals surface area contributed by atoms with Crippen LogP contribution >= 0.6 is 0 Å². The van der Waals surface area contributed by atoms with Gasteiger partial charge in [-0.15, -0.1) is 0 Å². The van der Waals surface area contributed by atoms with Crippen molar-refractivity contribution in [2.45, 2.75) is 44.0 Å². The highest BCUT2D eigenvalue weighted by Gasteiger charge is 2.48. The first-order valence-electron chi connectivity index (χ1n) is 5.70. The Bertz CT molecular complexity index is 304. The molecule has 0 aromatic carbocycles. The molecule has 17 heavy (non-hydrogen) atoms. The molecule has 2 unspecified atom stereocenters. The molecule has 2 fully saturated rings. The van der Waals surface area contributed by atoms with Gasteiger partial charge in [0, 0.05) is 12.6 Å². The van der Waals surface area contributed by atoms with Crippen molar-refractivity contribution in [1.29, 1.82) is 0 Å². The Kier molecular flexibility index (Phi) is 3.50. The first-order valence-corrected chi connectivity index (χ1v) is 5.70. The fourth-order valence-corrected chi connectivity index (χ4v) is 2.15. The van der Waals surface area contributed by atoms with Gasteiger partial charge in [0.1, 0.15) is 12.2 Å². The lowest BCUT2D eigenvalue weighted by atomic mass is 10.1. The van der Waals surface area contributed by atoms with Crippen LogP contribution in [0.3, 0.4) is 0 Å². The van der Waals surface area contributed by atoms with Crippen molar-refractivity contribution in [3.05, 3.63) is 0 Å². The van der Waals surface area contributed by atoms with Gasteiger partial charge >= 0.3 is 6.03 Å². The molecule has 98 valence electrons. The highest BCUT2D eigenvalue weighted by molar-refractivity contribution is 5.75. The zero-order valence-corrected chi connectivity index (χ0v) is 9.54. The molecule has 2 aliphatic rings. The molecule has 2 saturated heterocycles. The number of alkyl halides is 1. The number of aliphatic hydroxyl groups is 2. The molecule has 2 aliphatic heterocycles. The van der Waals surface area contributed by atoms with Crippen molar-refractivity contribution in [2.24, 2.45) is 0 Å². The summed E-state index contributed by atoms with van der Waals surface area (Å²) >= 11 is 0. The van der Waals surface area contributed by atoms with Gasteiger partial charge in [-0.3, -0.25) is 4.90 Å². The van der Waals surface area contributed by atoms with Crippen LogP contribution in [0.5, 0.6) is 0 Å². The second kappa shape index (κ2) is 4.75. The number of halogens is 1. The van der Waals surface area contributed by atoms with E-state index in [4.69, 9.17) is 9.84 Å². The lowest BCUT2D eigenvalue weighted by Gasteiger charge is -2.35. The van der Waals surface area contributed by atoms with E-state index in [1.165, 1.54) is 4.90 Å². The van der Waals surface area contributed by atoms with Gasteiger partial charge in [-0.05, 0) is 13.3 Å². The first kappa shape index (κ1) is 12.5. The lowest BCUT2D eigenvalue weighted by molar-refractivity contribution is -0.0744. The van der Waals surface area contributed by atoms with E-state index in [0.717, 1.165) is 0 Å². The van der Waals surface area contributed by atoms with Crippen molar-refractivity contribution in [3.8, 4) is 0 Å². The number of hydrogen-bond acceptors (Lipinski definition) is 4. The van der Waals surface area contributed by atoms with E-state index in [-0.39, 0.29) is 6.04 Å². The van der Waals surface area contributed by atoms with Gasteiger partial charge < -0.3 is 20.3 Å². The smallest absolute Gasteiger partial charge is 0.319 e. The molecule has 2 heterocycles. The quantitative estimate of drug-likeness (QED) is 0.598. The normalized spacial score (nSPS) is 42.7. The van der Waals surface area contributed by atoms with Crippen LogP contribution in [0.1, 0.15) is 13.3 Å². The molecular formula is C10H17FN2O4. The molecule has 5 atom stereocenters. The molecule has 0 aromatic rings. The van der Waals surface area contributed by atoms with Gasteiger partial charge in [0.2, 0.25) is 0 Å². The van der Waals surface area contributed by atoms with Gasteiger partial charge in [-0.1, -0.05) is 0 Å². The lowest BCUT2D eigenvalue weighted by Crippen LogP contribution is -2.56. The number of aliphatic hydroxyl groups excluding tert-OH is 2. The predicted octanol–water partition coefficient (Wildman–Crippen LogP) is -0.794. The summed E-state index contributed by atoms with van der Waals surface area (Å²) in [5.41, 5.74) is 0. The SMILES string of the molecule is CC1CCN(C2O[C@H](CO)[C@@H](O)[C@H]2F)C(=O)N1. The molecule has 0 aliphatic carbocycles. The second-order valence-corrected chi connectivity index (χ2v) is 4.52. The van der Waals surface area contributed by atoms with Gasteiger partial charge in [-0.2, -0.15) is 0 Å². The molecule has 6 nitrogen and oxygen atoms in total. The minimum atomic E-state index is -1.69. The molecule has 0 bridgehead atoms. The third kappa shape index (κ3) is 2.22. The van der Waals surface area contributed by atoms with Crippen LogP contribution in [0.25, 0.3) is 0 Å². The number of carbonyl (C=O) groups excluding carboxylic acids is 1. The Morgan fingerprint density at radius 1 is 1.65 bits per heavy atom. The molecule has 0 spiro atoms. The van der Waals surface area contributed by atoms with Crippen LogP contribution < -0.4 is 5.32 Å². The number of ether oxygens (including phenoxy) is 1. The van der Waals surface area contributed by atoms with Crippen molar-refractivity contribution in [3.63, 3.8) is 0 Å². The molecule has 0 aromatic heterocycles. The van der Waals surface area contributed by atoms with Crippen LogP contribution in [0.4, 0.5) is 9.18 Å². The summed E-state index contributed by atoms with van der Waals surface area (Å²) in [6.45, 7) is 1.77. The molecule has 7 heteroatoms. The maximum absolute atomic E-state index is 13.8. The number of nitrogens with one attached hydrogen (secondary N) is 1. The van der Waals surface area contributed by atoms with Crippen molar-refractivity contribution >= 4 is 6.03 Å². The van der Waals surface area contributed by atoms with Crippen LogP contribution in [0.15, 0.2) is 0 Å². The van der Waals surface area contributed by atoms with E-state index in [1.807, 2.05) is 6.92 Å². The monoisotopic (exact) mass is 248 g/mol. The zero-order chi connectivity index (χ0) is 12.6. The summed E-state index contributed by atoms with van der Waals surface area (Å²) in [5.74, 6) is 0. The van der Waals surface area contributed by atoms with E-state index >= 15 is 0 Å². The number of urea groups is 1. The Labute approximate surface area is 98.4 Å². The average Bonchev–Trinajstić information content (AvgIpc) is 2.57. The van der Waals surface area contributed by atoms with E-state index < -0.39 is 37.2 Å². The topological polar surface area (TPSA) is 82.0 Å². The maximum atomic E-state index is 13.8. The fourth-order valence-electron chi connectivity index (χ4n) is 2.15. The van der Waals surface area contributed by atoms with E-state index in [1.54, 1.807) is 0 Å². The summed E-state index contributed by atoms with van der Waals surface area (Å²) in [4.78, 5) is 12.9. The van der Waals surface area contributed by atoms with Crippen LogP contribution in [-0.2, 0) is 4.74 Å². The first-order chi connectivity index (χ1) is 8.04. The van der Waals surface area contributed by atoms with E-state index in [0.29, 0.717) is 13.0 Å². The third-order valence-corrected chi connectivity index (χ3v) is 3.21. The minimum absolute atomic E-state index is 0.0526.